The van der Waals surface area contributed by atoms with E-state index in [1.807, 2.05) is 6.92 Å². The molecule has 1 amide bonds. The zero-order valence-electron chi connectivity index (χ0n) is 10.1. The van der Waals surface area contributed by atoms with Crippen molar-refractivity contribution in [1.82, 2.24) is 10.3 Å². The van der Waals surface area contributed by atoms with Gasteiger partial charge in [-0.1, -0.05) is 12.8 Å². The first-order valence-electron chi connectivity index (χ1n) is 6.20. The SMILES string of the molecule is CCOc1ncccc1C(=O)NC1CCCC1. The lowest BCUT2D eigenvalue weighted by Crippen LogP contribution is -2.32. The van der Waals surface area contributed by atoms with Gasteiger partial charge < -0.3 is 10.1 Å². The molecule has 1 aliphatic carbocycles. The molecule has 0 aliphatic heterocycles. The fourth-order valence-corrected chi connectivity index (χ4v) is 2.15. The Labute approximate surface area is 101 Å². The molecule has 0 spiro atoms. The molecule has 1 aliphatic rings. The predicted molar refractivity (Wildman–Crippen MR) is 65.1 cm³/mol. The van der Waals surface area contributed by atoms with Gasteiger partial charge in [-0.2, -0.15) is 0 Å². The number of carbonyl (C=O) groups is 1. The van der Waals surface area contributed by atoms with Crippen LogP contribution in [0.1, 0.15) is 43.0 Å². The summed E-state index contributed by atoms with van der Waals surface area (Å²) in [5, 5.41) is 3.04. The van der Waals surface area contributed by atoms with Crippen LogP contribution >= 0.6 is 0 Å². The van der Waals surface area contributed by atoms with Crippen molar-refractivity contribution < 1.29 is 9.53 Å². The molecule has 1 saturated carbocycles. The molecule has 4 heteroatoms. The van der Waals surface area contributed by atoms with E-state index in [0.29, 0.717) is 24.1 Å². The molecule has 1 heterocycles. The Morgan fingerprint density at radius 3 is 3.00 bits per heavy atom. The number of nitrogens with zero attached hydrogens (tertiary/aromatic N) is 1. The van der Waals surface area contributed by atoms with Gasteiger partial charge >= 0.3 is 0 Å². The van der Waals surface area contributed by atoms with Gasteiger partial charge in [-0.25, -0.2) is 4.98 Å². The molecule has 17 heavy (non-hydrogen) atoms. The van der Waals surface area contributed by atoms with Gasteiger partial charge in [-0.05, 0) is 31.9 Å². The molecule has 0 saturated heterocycles. The minimum atomic E-state index is -0.0755. The molecule has 0 atom stereocenters. The third-order valence-corrected chi connectivity index (χ3v) is 2.99. The molecule has 4 nitrogen and oxygen atoms in total. The van der Waals surface area contributed by atoms with Gasteiger partial charge in [0, 0.05) is 12.2 Å². The molecular formula is C13H18N2O2. The van der Waals surface area contributed by atoms with Crippen LogP contribution in [0.2, 0.25) is 0 Å². The van der Waals surface area contributed by atoms with Crippen molar-refractivity contribution in [3.8, 4) is 5.88 Å². The Balaban J connectivity index is 2.06. The van der Waals surface area contributed by atoms with Crippen molar-refractivity contribution >= 4 is 5.91 Å². The second-order valence-electron chi connectivity index (χ2n) is 4.24. The number of hydrogen-bond acceptors (Lipinski definition) is 3. The lowest BCUT2D eigenvalue weighted by Gasteiger charge is -2.13. The molecule has 0 aromatic carbocycles. The predicted octanol–water partition coefficient (Wildman–Crippen LogP) is 2.15. The summed E-state index contributed by atoms with van der Waals surface area (Å²) in [6, 6.07) is 3.83. The third-order valence-electron chi connectivity index (χ3n) is 2.99. The molecule has 1 N–H and O–H groups in total. The standard InChI is InChI=1S/C13H18N2O2/c1-2-17-13-11(8-5-9-14-13)12(16)15-10-6-3-4-7-10/h5,8-10H,2-4,6-7H2,1H3,(H,15,16). The highest BCUT2D eigenvalue weighted by Gasteiger charge is 2.20. The summed E-state index contributed by atoms with van der Waals surface area (Å²) in [4.78, 5) is 16.1. The van der Waals surface area contributed by atoms with Crippen molar-refractivity contribution in [3.05, 3.63) is 23.9 Å². The Hall–Kier alpha value is -1.58. The number of rotatable bonds is 4. The van der Waals surface area contributed by atoms with Crippen LogP contribution in [-0.2, 0) is 0 Å². The van der Waals surface area contributed by atoms with E-state index in [0.717, 1.165) is 12.8 Å². The maximum Gasteiger partial charge on any atom is 0.256 e. The molecular weight excluding hydrogens is 216 g/mol. The van der Waals surface area contributed by atoms with Crippen LogP contribution in [0.3, 0.4) is 0 Å². The van der Waals surface area contributed by atoms with Crippen LogP contribution in [0.5, 0.6) is 5.88 Å². The van der Waals surface area contributed by atoms with Crippen LogP contribution in [0.25, 0.3) is 0 Å². The number of pyridine rings is 1. The van der Waals surface area contributed by atoms with Gasteiger partial charge in [-0.3, -0.25) is 4.79 Å². The van der Waals surface area contributed by atoms with E-state index in [4.69, 9.17) is 4.74 Å². The smallest absolute Gasteiger partial charge is 0.256 e. The molecule has 1 aromatic heterocycles. The first kappa shape index (κ1) is 11.9. The Kier molecular flexibility index (Phi) is 3.96. The van der Waals surface area contributed by atoms with Gasteiger partial charge in [0.05, 0.1) is 6.61 Å². The largest absolute Gasteiger partial charge is 0.477 e. The van der Waals surface area contributed by atoms with E-state index in [1.54, 1.807) is 18.3 Å². The number of carbonyl (C=O) groups excluding carboxylic acids is 1. The molecule has 0 radical (unpaired) electrons. The second kappa shape index (κ2) is 5.66. The van der Waals surface area contributed by atoms with Crippen LogP contribution in [0.4, 0.5) is 0 Å². The second-order valence-corrected chi connectivity index (χ2v) is 4.24. The molecule has 1 fully saturated rings. The zero-order valence-corrected chi connectivity index (χ0v) is 10.1. The van der Waals surface area contributed by atoms with E-state index in [1.165, 1.54) is 12.8 Å². The highest BCUT2D eigenvalue weighted by atomic mass is 16.5. The van der Waals surface area contributed by atoms with Crippen LogP contribution in [0.15, 0.2) is 18.3 Å². The van der Waals surface area contributed by atoms with Gasteiger partial charge in [-0.15, -0.1) is 0 Å². The number of hydrogen-bond donors (Lipinski definition) is 1. The number of amides is 1. The fraction of sp³-hybridized carbons (Fsp3) is 0.538. The third kappa shape index (κ3) is 2.96. The van der Waals surface area contributed by atoms with Gasteiger partial charge in [0.15, 0.2) is 0 Å². The minimum absolute atomic E-state index is 0.0755. The van der Waals surface area contributed by atoms with Gasteiger partial charge in [0.2, 0.25) is 5.88 Å². The van der Waals surface area contributed by atoms with Crippen LogP contribution < -0.4 is 10.1 Å². The maximum atomic E-state index is 12.1. The van der Waals surface area contributed by atoms with Crippen molar-refractivity contribution in [2.45, 2.75) is 38.6 Å². The van der Waals surface area contributed by atoms with E-state index in [9.17, 15) is 4.79 Å². The summed E-state index contributed by atoms with van der Waals surface area (Å²) in [7, 11) is 0. The van der Waals surface area contributed by atoms with Crippen molar-refractivity contribution in [2.75, 3.05) is 6.61 Å². The minimum Gasteiger partial charge on any atom is -0.477 e. The number of aromatic nitrogens is 1. The fourth-order valence-electron chi connectivity index (χ4n) is 2.15. The Morgan fingerprint density at radius 1 is 1.53 bits per heavy atom. The van der Waals surface area contributed by atoms with E-state index >= 15 is 0 Å². The van der Waals surface area contributed by atoms with Crippen molar-refractivity contribution in [1.29, 1.82) is 0 Å². The number of ether oxygens (including phenoxy) is 1. The first-order chi connectivity index (χ1) is 8.31. The highest BCUT2D eigenvalue weighted by Crippen LogP contribution is 2.20. The molecule has 0 bridgehead atoms. The van der Waals surface area contributed by atoms with Crippen LogP contribution in [-0.4, -0.2) is 23.5 Å². The summed E-state index contributed by atoms with van der Waals surface area (Å²) in [5.41, 5.74) is 0.529. The van der Waals surface area contributed by atoms with E-state index < -0.39 is 0 Å². The zero-order chi connectivity index (χ0) is 12.1. The first-order valence-corrected chi connectivity index (χ1v) is 6.20. The lowest BCUT2D eigenvalue weighted by molar-refractivity contribution is 0.0933. The Bertz CT molecular complexity index is 387. The molecule has 0 unspecified atom stereocenters. The molecule has 2 rings (SSSR count). The topological polar surface area (TPSA) is 51.2 Å². The molecule has 1 aromatic rings. The monoisotopic (exact) mass is 234 g/mol. The van der Waals surface area contributed by atoms with Crippen LogP contribution in [0, 0.1) is 0 Å². The van der Waals surface area contributed by atoms with Gasteiger partial charge in [0.1, 0.15) is 5.56 Å². The average molecular weight is 234 g/mol. The lowest BCUT2D eigenvalue weighted by atomic mass is 10.2. The van der Waals surface area contributed by atoms with Crippen molar-refractivity contribution in [3.63, 3.8) is 0 Å². The summed E-state index contributed by atoms with van der Waals surface area (Å²) in [6.45, 7) is 2.40. The summed E-state index contributed by atoms with van der Waals surface area (Å²) >= 11 is 0. The van der Waals surface area contributed by atoms with E-state index in [-0.39, 0.29) is 5.91 Å². The summed E-state index contributed by atoms with van der Waals surface area (Å²) in [6.07, 6.45) is 6.20. The normalized spacial score (nSPS) is 15.8. The number of nitrogens with one attached hydrogen (secondary N) is 1. The Morgan fingerprint density at radius 2 is 2.29 bits per heavy atom. The quantitative estimate of drug-likeness (QED) is 0.868. The highest BCUT2D eigenvalue weighted by molar-refractivity contribution is 5.96. The molecule has 92 valence electrons. The van der Waals surface area contributed by atoms with Gasteiger partial charge in [0.25, 0.3) is 5.91 Å². The summed E-state index contributed by atoms with van der Waals surface area (Å²) in [5.74, 6) is 0.346. The van der Waals surface area contributed by atoms with E-state index in [2.05, 4.69) is 10.3 Å². The average Bonchev–Trinajstić information content (AvgIpc) is 2.83. The summed E-state index contributed by atoms with van der Waals surface area (Å²) < 4.78 is 5.35. The maximum absolute atomic E-state index is 12.1. The van der Waals surface area contributed by atoms with Crippen molar-refractivity contribution in [2.24, 2.45) is 0 Å².